The predicted molar refractivity (Wildman–Crippen MR) is 99.7 cm³/mol. The van der Waals surface area contributed by atoms with Crippen LogP contribution in [0.15, 0.2) is 48.5 Å². The summed E-state index contributed by atoms with van der Waals surface area (Å²) in [5.74, 6) is 0.517. The number of para-hydroxylation sites is 1. The van der Waals surface area contributed by atoms with Crippen molar-refractivity contribution < 1.29 is 4.79 Å². The first kappa shape index (κ1) is 16.4. The maximum Gasteiger partial charge on any atom is 0.250 e. The number of carbonyl (C=O) groups is 1. The van der Waals surface area contributed by atoms with Gasteiger partial charge >= 0.3 is 0 Å². The molecule has 0 radical (unpaired) electrons. The summed E-state index contributed by atoms with van der Waals surface area (Å²) in [5, 5.41) is 12.5. The minimum Gasteiger partial charge on any atom is -0.307 e. The largest absolute Gasteiger partial charge is 0.307 e. The predicted octanol–water partition coefficient (Wildman–Crippen LogP) is 2.88. The van der Waals surface area contributed by atoms with Crippen molar-refractivity contribution in [1.82, 2.24) is 20.2 Å². The summed E-state index contributed by atoms with van der Waals surface area (Å²) < 4.78 is 0. The maximum absolute atomic E-state index is 12.8. The molecule has 132 valence electrons. The fourth-order valence-corrected chi connectivity index (χ4v) is 3.46. The molecule has 1 aromatic heterocycles. The van der Waals surface area contributed by atoms with Crippen molar-refractivity contribution in [3.63, 3.8) is 0 Å². The van der Waals surface area contributed by atoms with Crippen LogP contribution in [0.3, 0.4) is 0 Å². The summed E-state index contributed by atoms with van der Waals surface area (Å²) in [6.45, 7) is 4.26. The molecule has 2 heterocycles. The molecule has 3 aromatic rings. The Kier molecular flexibility index (Phi) is 4.24. The number of tetrazole rings is 1. The van der Waals surface area contributed by atoms with Crippen molar-refractivity contribution in [1.29, 1.82) is 0 Å². The van der Waals surface area contributed by atoms with Crippen molar-refractivity contribution in [2.45, 2.75) is 39.3 Å². The molecule has 1 aliphatic rings. The smallest absolute Gasteiger partial charge is 0.250 e. The average molecular weight is 347 g/mol. The molecule has 6 heteroatoms. The highest BCUT2D eigenvalue weighted by Gasteiger charge is 2.30. The molecule has 1 aliphatic heterocycles. The first-order chi connectivity index (χ1) is 12.7. The summed E-state index contributed by atoms with van der Waals surface area (Å²) in [7, 11) is 0. The highest BCUT2D eigenvalue weighted by atomic mass is 16.2. The molecule has 0 unspecified atom stereocenters. The highest BCUT2D eigenvalue weighted by Crippen LogP contribution is 2.31. The standard InChI is InChI=1S/C20H21N5O/c1-3-15-8-10-16(11-9-15)20-21-23-24(22-20)13-19(26)25-14(2)12-17-6-4-5-7-18(17)25/h4-11,14H,3,12-13H2,1-2H3/t14-/m0/s1. The van der Waals surface area contributed by atoms with Crippen LogP contribution in [0.25, 0.3) is 11.4 Å². The number of anilines is 1. The van der Waals surface area contributed by atoms with Crippen molar-refractivity contribution in [3.05, 3.63) is 59.7 Å². The van der Waals surface area contributed by atoms with Crippen LogP contribution < -0.4 is 4.90 Å². The first-order valence-corrected chi connectivity index (χ1v) is 8.93. The summed E-state index contributed by atoms with van der Waals surface area (Å²) in [5.41, 5.74) is 4.36. The molecule has 0 saturated heterocycles. The van der Waals surface area contributed by atoms with E-state index < -0.39 is 0 Å². The molecule has 1 atom stereocenters. The summed E-state index contributed by atoms with van der Waals surface area (Å²) >= 11 is 0. The van der Waals surface area contributed by atoms with E-state index in [2.05, 4.69) is 47.5 Å². The first-order valence-electron chi connectivity index (χ1n) is 8.93. The molecule has 0 spiro atoms. The van der Waals surface area contributed by atoms with E-state index in [0.29, 0.717) is 5.82 Å². The second kappa shape index (κ2) is 6.71. The SMILES string of the molecule is CCc1ccc(-c2nnn(CC(=O)N3c4ccccc4C[C@@H]3C)n2)cc1. The molecular formula is C20H21N5O. The van der Waals surface area contributed by atoms with Gasteiger partial charge in [-0.3, -0.25) is 4.79 Å². The van der Waals surface area contributed by atoms with Crippen molar-refractivity contribution in [3.8, 4) is 11.4 Å². The second-order valence-electron chi connectivity index (χ2n) is 6.64. The normalized spacial score (nSPS) is 15.9. The van der Waals surface area contributed by atoms with E-state index in [4.69, 9.17) is 0 Å². The van der Waals surface area contributed by atoms with Gasteiger partial charge in [0.25, 0.3) is 5.91 Å². The Morgan fingerprint density at radius 3 is 2.69 bits per heavy atom. The van der Waals surface area contributed by atoms with Crippen molar-refractivity contribution >= 4 is 11.6 Å². The van der Waals surface area contributed by atoms with Crippen LogP contribution in [-0.4, -0.2) is 32.2 Å². The lowest BCUT2D eigenvalue weighted by molar-refractivity contribution is -0.119. The molecule has 0 aliphatic carbocycles. The molecule has 1 amide bonds. The lowest BCUT2D eigenvalue weighted by Gasteiger charge is -2.22. The average Bonchev–Trinajstić information content (AvgIpc) is 3.25. The van der Waals surface area contributed by atoms with Gasteiger partial charge in [-0.2, -0.15) is 4.80 Å². The van der Waals surface area contributed by atoms with Gasteiger partial charge in [0.05, 0.1) is 0 Å². The van der Waals surface area contributed by atoms with E-state index in [-0.39, 0.29) is 18.5 Å². The molecule has 6 nitrogen and oxygen atoms in total. The van der Waals surface area contributed by atoms with E-state index in [1.165, 1.54) is 15.9 Å². The molecule has 0 saturated carbocycles. The number of aromatic nitrogens is 4. The third-order valence-corrected chi connectivity index (χ3v) is 4.83. The monoisotopic (exact) mass is 347 g/mol. The van der Waals surface area contributed by atoms with Crippen molar-refractivity contribution in [2.75, 3.05) is 4.90 Å². The Balaban J connectivity index is 1.51. The van der Waals surface area contributed by atoms with Gasteiger partial charge in [0.2, 0.25) is 5.82 Å². The molecule has 0 N–H and O–H groups in total. The van der Waals surface area contributed by atoms with Gasteiger partial charge in [-0.25, -0.2) is 0 Å². The number of hydrogen-bond donors (Lipinski definition) is 0. The van der Waals surface area contributed by atoms with Gasteiger partial charge in [0.1, 0.15) is 6.54 Å². The number of hydrogen-bond acceptors (Lipinski definition) is 4. The number of benzene rings is 2. The van der Waals surface area contributed by atoms with Gasteiger partial charge in [0, 0.05) is 17.3 Å². The summed E-state index contributed by atoms with van der Waals surface area (Å²) in [6.07, 6.45) is 1.87. The van der Waals surface area contributed by atoms with Crippen LogP contribution in [0.2, 0.25) is 0 Å². The zero-order chi connectivity index (χ0) is 18.1. The summed E-state index contributed by atoms with van der Waals surface area (Å²) in [6, 6.07) is 16.3. The Hall–Kier alpha value is -3.02. The Morgan fingerprint density at radius 2 is 1.92 bits per heavy atom. The molecule has 0 bridgehead atoms. The lowest BCUT2D eigenvalue weighted by Crippen LogP contribution is -2.38. The topological polar surface area (TPSA) is 63.9 Å². The van der Waals surface area contributed by atoms with E-state index in [0.717, 1.165) is 24.1 Å². The fraction of sp³-hybridized carbons (Fsp3) is 0.300. The van der Waals surface area contributed by atoms with E-state index in [1.807, 2.05) is 35.2 Å². The maximum atomic E-state index is 12.8. The second-order valence-corrected chi connectivity index (χ2v) is 6.64. The zero-order valence-corrected chi connectivity index (χ0v) is 15.0. The minimum absolute atomic E-state index is 0.0206. The number of amides is 1. The Labute approximate surface area is 152 Å². The minimum atomic E-state index is -0.0206. The van der Waals surface area contributed by atoms with Gasteiger partial charge in [-0.15, -0.1) is 10.2 Å². The van der Waals surface area contributed by atoms with Crippen LogP contribution in [0, 0.1) is 0 Å². The Morgan fingerprint density at radius 1 is 1.15 bits per heavy atom. The highest BCUT2D eigenvalue weighted by molar-refractivity contribution is 5.95. The zero-order valence-electron chi connectivity index (χ0n) is 15.0. The van der Waals surface area contributed by atoms with Gasteiger partial charge in [-0.05, 0) is 42.2 Å². The van der Waals surface area contributed by atoms with Gasteiger partial charge < -0.3 is 4.90 Å². The molecule has 2 aromatic carbocycles. The van der Waals surface area contributed by atoms with E-state index in [9.17, 15) is 4.79 Å². The number of aryl methyl sites for hydroxylation is 1. The molecular weight excluding hydrogens is 326 g/mol. The number of rotatable bonds is 4. The van der Waals surface area contributed by atoms with Crippen LogP contribution in [0.4, 0.5) is 5.69 Å². The number of carbonyl (C=O) groups excluding carboxylic acids is 1. The Bertz CT molecular complexity index is 931. The van der Waals surface area contributed by atoms with Gasteiger partial charge in [0.15, 0.2) is 0 Å². The van der Waals surface area contributed by atoms with E-state index in [1.54, 1.807) is 0 Å². The van der Waals surface area contributed by atoms with Gasteiger partial charge in [-0.1, -0.05) is 49.4 Å². The number of nitrogens with zero attached hydrogens (tertiary/aromatic N) is 5. The fourth-order valence-electron chi connectivity index (χ4n) is 3.46. The van der Waals surface area contributed by atoms with Crippen LogP contribution in [-0.2, 0) is 24.2 Å². The summed E-state index contributed by atoms with van der Waals surface area (Å²) in [4.78, 5) is 16.0. The van der Waals surface area contributed by atoms with Crippen molar-refractivity contribution in [2.24, 2.45) is 0 Å². The van der Waals surface area contributed by atoms with E-state index >= 15 is 0 Å². The number of fused-ring (bicyclic) bond motifs is 1. The lowest BCUT2D eigenvalue weighted by atomic mass is 10.1. The van der Waals surface area contributed by atoms with Crippen LogP contribution >= 0.6 is 0 Å². The quantitative estimate of drug-likeness (QED) is 0.728. The molecule has 4 rings (SSSR count). The molecule has 26 heavy (non-hydrogen) atoms. The molecule has 0 fully saturated rings. The third-order valence-electron chi connectivity index (χ3n) is 4.83. The third kappa shape index (κ3) is 2.98. The van der Waals surface area contributed by atoms with Crippen LogP contribution in [0.1, 0.15) is 25.0 Å². The van der Waals surface area contributed by atoms with Crippen LogP contribution in [0.5, 0.6) is 0 Å².